The van der Waals surface area contributed by atoms with Crippen LogP contribution in [0.4, 0.5) is 8.78 Å². The molecule has 2 N–H and O–H groups in total. The fourth-order valence-electron chi connectivity index (χ4n) is 3.70. The molecule has 0 heterocycles. The first-order chi connectivity index (χ1) is 14.0. The number of alkyl halides is 1. The van der Waals surface area contributed by atoms with Crippen molar-refractivity contribution in [3.05, 3.63) is 65.0 Å². The molecule has 1 saturated carbocycles. The fourth-order valence-corrected chi connectivity index (χ4v) is 3.70. The van der Waals surface area contributed by atoms with Gasteiger partial charge in [0, 0.05) is 5.92 Å². The molecule has 0 aromatic heterocycles. The zero-order chi connectivity index (χ0) is 20.8. The molecule has 154 valence electrons. The van der Waals surface area contributed by atoms with Crippen LogP contribution in [0.3, 0.4) is 0 Å². The second kappa shape index (κ2) is 9.63. The molecule has 3 rings (SSSR count). The van der Waals surface area contributed by atoms with E-state index in [2.05, 4.69) is 22.1 Å². The maximum absolute atomic E-state index is 14.1. The van der Waals surface area contributed by atoms with Crippen LogP contribution < -0.4 is 5.73 Å². The van der Waals surface area contributed by atoms with Crippen LogP contribution in [0.2, 0.25) is 0 Å². The number of hydrogen-bond donors (Lipinski definition) is 1. The molecular formula is C23H26F2N2O2. The number of carbonyl (C=O) groups excluding carboxylic acids is 1. The second-order valence-electron chi connectivity index (χ2n) is 7.61. The molecule has 2 aliphatic rings. The van der Waals surface area contributed by atoms with Gasteiger partial charge in [0.05, 0.1) is 0 Å². The van der Waals surface area contributed by atoms with Crippen molar-refractivity contribution in [2.24, 2.45) is 16.8 Å². The highest BCUT2D eigenvalue weighted by Crippen LogP contribution is 2.32. The number of hydrogen-bond acceptors (Lipinski definition) is 3. The van der Waals surface area contributed by atoms with Gasteiger partial charge in [0.25, 0.3) is 0 Å². The molecule has 29 heavy (non-hydrogen) atoms. The first-order valence-corrected chi connectivity index (χ1v) is 10.0. The van der Waals surface area contributed by atoms with Crippen LogP contribution in [0.15, 0.2) is 59.0 Å². The van der Waals surface area contributed by atoms with Crippen molar-refractivity contribution in [1.29, 1.82) is 0 Å². The maximum atomic E-state index is 14.1. The summed E-state index contributed by atoms with van der Waals surface area (Å²) in [7, 11) is 0. The largest absolute Gasteiger partial charge is 0.381 e. The Hall–Kier alpha value is -2.76. The van der Waals surface area contributed by atoms with E-state index in [-0.39, 0.29) is 5.84 Å². The zero-order valence-electron chi connectivity index (χ0n) is 16.5. The first kappa shape index (κ1) is 21.0. The number of amidine groups is 1. The topological polar surface area (TPSA) is 64.7 Å². The minimum Gasteiger partial charge on any atom is -0.381 e. The Balaban J connectivity index is 1.58. The summed E-state index contributed by atoms with van der Waals surface area (Å²) in [6.45, 7) is 1.54. The number of allylic oxidation sites excluding steroid dienone is 3. The van der Waals surface area contributed by atoms with Crippen LogP contribution >= 0.6 is 0 Å². The number of carbonyl (C=O) groups is 1. The highest BCUT2D eigenvalue weighted by Gasteiger charge is 2.32. The van der Waals surface area contributed by atoms with Gasteiger partial charge in [0.1, 0.15) is 17.6 Å². The van der Waals surface area contributed by atoms with Crippen LogP contribution in [-0.2, 0) is 9.63 Å². The molecule has 2 atom stereocenters. The van der Waals surface area contributed by atoms with E-state index in [0.717, 1.165) is 11.6 Å². The van der Waals surface area contributed by atoms with E-state index in [1.807, 2.05) is 12.1 Å². The van der Waals surface area contributed by atoms with Crippen LogP contribution in [0.25, 0.3) is 6.08 Å². The van der Waals surface area contributed by atoms with Crippen molar-refractivity contribution in [1.82, 2.24) is 0 Å². The third kappa shape index (κ3) is 5.40. The molecule has 0 bridgehead atoms. The van der Waals surface area contributed by atoms with Crippen LogP contribution in [-0.4, -0.2) is 18.0 Å². The van der Waals surface area contributed by atoms with Gasteiger partial charge in [-0.2, -0.15) is 0 Å². The molecule has 2 unspecified atom stereocenters. The van der Waals surface area contributed by atoms with Gasteiger partial charge in [-0.1, -0.05) is 67.8 Å². The van der Waals surface area contributed by atoms with E-state index in [0.29, 0.717) is 5.92 Å². The van der Waals surface area contributed by atoms with E-state index in [4.69, 9.17) is 5.73 Å². The number of nitrogens with zero attached hydrogens (tertiary/aromatic N) is 1. The zero-order valence-corrected chi connectivity index (χ0v) is 16.5. The van der Waals surface area contributed by atoms with Crippen molar-refractivity contribution in [3.63, 3.8) is 0 Å². The number of nitrogens with two attached hydrogens (primary N) is 1. The highest BCUT2D eigenvalue weighted by molar-refractivity contribution is 5.96. The normalized spacial score (nSPS) is 23.6. The molecule has 1 aromatic carbocycles. The summed E-state index contributed by atoms with van der Waals surface area (Å²) in [5.74, 6) is -2.19. The van der Waals surface area contributed by atoms with Crippen LogP contribution in [0.5, 0.6) is 0 Å². The van der Waals surface area contributed by atoms with Gasteiger partial charge in [-0.15, -0.1) is 0 Å². The van der Waals surface area contributed by atoms with Gasteiger partial charge < -0.3 is 10.6 Å². The smallest absolute Gasteiger partial charge is 0.367 e. The minimum atomic E-state index is -1.78. The van der Waals surface area contributed by atoms with Crippen LogP contribution in [0.1, 0.15) is 56.1 Å². The second-order valence-corrected chi connectivity index (χ2v) is 7.61. The summed E-state index contributed by atoms with van der Waals surface area (Å²) < 4.78 is 27.8. The van der Waals surface area contributed by atoms with Gasteiger partial charge in [-0.05, 0) is 42.0 Å². The lowest BCUT2D eigenvalue weighted by atomic mass is 9.84. The summed E-state index contributed by atoms with van der Waals surface area (Å²) in [6.07, 6.45) is 10.2. The standard InChI is InChI=1S/C23H26F2N2O2/c1-15-7-13-19(24)21(22(15)25)23(28)29-27-20(26)14-10-16-8-11-18(12-9-16)17-5-3-2-4-6-17/h7-15,17,22H,2-6H2,1H3,(H2,26,27)/b14-10+. The number of halogens is 2. The Labute approximate surface area is 169 Å². The van der Waals surface area contributed by atoms with Crippen molar-refractivity contribution in [2.75, 3.05) is 0 Å². The van der Waals surface area contributed by atoms with Crippen molar-refractivity contribution >= 4 is 17.9 Å². The third-order valence-corrected chi connectivity index (χ3v) is 5.45. The maximum Gasteiger partial charge on any atom is 0.367 e. The summed E-state index contributed by atoms with van der Waals surface area (Å²) >= 11 is 0. The summed E-state index contributed by atoms with van der Waals surface area (Å²) in [5, 5.41) is 3.47. The molecule has 0 radical (unpaired) electrons. The van der Waals surface area contributed by atoms with Crippen molar-refractivity contribution < 1.29 is 18.4 Å². The highest BCUT2D eigenvalue weighted by atomic mass is 19.1. The van der Waals surface area contributed by atoms with E-state index in [1.54, 1.807) is 13.0 Å². The first-order valence-electron chi connectivity index (χ1n) is 10.0. The molecule has 1 fully saturated rings. The Kier molecular flexibility index (Phi) is 6.96. The number of rotatable bonds is 5. The van der Waals surface area contributed by atoms with Gasteiger partial charge in [0.15, 0.2) is 5.84 Å². The molecule has 0 amide bonds. The van der Waals surface area contributed by atoms with E-state index >= 15 is 0 Å². The van der Waals surface area contributed by atoms with E-state index < -0.39 is 29.5 Å². The van der Waals surface area contributed by atoms with E-state index in [1.165, 1.54) is 49.8 Å². The lowest BCUT2D eigenvalue weighted by Gasteiger charge is -2.21. The Bertz CT molecular complexity index is 850. The summed E-state index contributed by atoms with van der Waals surface area (Å²) in [5.41, 5.74) is 7.32. The molecule has 1 aromatic rings. The molecule has 2 aliphatic carbocycles. The average Bonchev–Trinajstić information content (AvgIpc) is 2.74. The SMILES string of the molecule is CC1C=CC(F)=C(C(=O)O/N=C(N)/C=C/c2ccc(C3CCCCC3)cc2)C1F. The Morgan fingerprint density at radius 3 is 2.59 bits per heavy atom. The quantitative estimate of drug-likeness (QED) is 0.314. The third-order valence-electron chi connectivity index (χ3n) is 5.45. The van der Waals surface area contributed by atoms with Gasteiger partial charge in [-0.25, -0.2) is 13.6 Å². The Morgan fingerprint density at radius 1 is 1.21 bits per heavy atom. The fraction of sp³-hybridized carbons (Fsp3) is 0.391. The molecule has 6 heteroatoms. The predicted octanol–water partition coefficient (Wildman–Crippen LogP) is 5.33. The van der Waals surface area contributed by atoms with Gasteiger partial charge in [0.2, 0.25) is 0 Å². The monoisotopic (exact) mass is 400 g/mol. The predicted molar refractivity (Wildman–Crippen MR) is 110 cm³/mol. The van der Waals surface area contributed by atoms with Gasteiger partial charge in [-0.3, -0.25) is 0 Å². The van der Waals surface area contributed by atoms with Crippen LogP contribution in [0, 0.1) is 5.92 Å². The minimum absolute atomic E-state index is 0.0782. The summed E-state index contributed by atoms with van der Waals surface area (Å²) in [6, 6.07) is 8.25. The average molecular weight is 400 g/mol. The molecule has 0 aliphatic heterocycles. The lowest BCUT2D eigenvalue weighted by Crippen LogP contribution is -2.24. The lowest BCUT2D eigenvalue weighted by molar-refractivity contribution is -0.140. The van der Waals surface area contributed by atoms with Gasteiger partial charge >= 0.3 is 5.97 Å². The number of benzene rings is 1. The van der Waals surface area contributed by atoms with E-state index in [9.17, 15) is 13.6 Å². The Morgan fingerprint density at radius 2 is 1.90 bits per heavy atom. The number of oxime groups is 1. The van der Waals surface area contributed by atoms with Crippen molar-refractivity contribution in [2.45, 2.75) is 51.1 Å². The molecule has 0 spiro atoms. The van der Waals surface area contributed by atoms with Crippen molar-refractivity contribution in [3.8, 4) is 0 Å². The molecule has 4 nitrogen and oxygen atoms in total. The molecular weight excluding hydrogens is 374 g/mol. The summed E-state index contributed by atoms with van der Waals surface area (Å²) in [4.78, 5) is 16.6. The molecule has 0 saturated heterocycles.